The van der Waals surface area contributed by atoms with Gasteiger partial charge in [0, 0.05) is 30.6 Å². The van der Waals surface area contributed by atoms with Crippen LogP contribution in [0.4, 0.5) is 15.8 Å². The highest BCUT2D eigenvalue weighted by atomic mass is 127. The molecular formula is C13H11FIN3O2. The third kappa shape index (κ3) is 3.21. The summed E-state index contributed by atoms with van der Waals surface area (Å²) < 4.78 is 13.8. The second kappa shape index (κ2) is 6.12. The van der Waals surface area contributed by atoms with Crippen LogP contribution in [0, 0.1) is 19.5 Å². The molecular weight excluding hydrogens is 376 g/mol. The maximum atomic E-state index is 13.6. The molecule has 1 aromatic carbocycles. The molecule has 20 heavy (non-hydrogen) atoms. The van der Waals surface area contributed by atoms with Gasteiger partial charge in [0.15, 0.2) is 0 Å². The first-order chi connectivity index (χ1) is 9.49. The van der Waals surface area contributed by atoms with Crippen molar-refractivity contribution in [3.8, 4) is 0 Å². The number of aromatic nitrogens is 1. The molecule has 0 saturated carbocycles. The first kappa shape index (κ1) is 14.6. The minimum absolute atomic E-state index is 0.142. The molecule has 0 aliphatic heterocycles. The number of hydrogen-bond acceptors (Lipinski definition) is 4. The number of nitro groups is 1. The van der Waals surface area contributed by atoms with E-state index in [4.69, 9.17) is 0 Å². The zero-order valence-corrected chi connectivity index (χ0v) is 12.7. The number of rotatable bonds is 4. The number of hydrogen-bond donors (Lipinski definition) is 1. The van der Waals surface area contributed by atoms with Gasteiger partial charge in [-0.2, -0.15) is 0 Å². The first-order valence-corrected chi connectivity index (χ1v) is 6.87. The number of nitrogens with zero attached hydrogens (tertiary/aromatic N) is 2. The molecule has 1 heterocycles. The highest BCUT2D eigenvalue weighted by molar-refractivity contribution is 14.1. The molecule has 0 bridgehead atoms. The van der Waals surface area contributed by atoms with Crippen molar-refractivity contribution in [1.82, 2.24) is 4.98 Å². The van der Waals surface area contributed by atoms with Crippen molar-refractivity contribution in [3.05, 3.63) is 61.7 Å². The van der Waals surface area contributed by atoms with Crippen LogP contribution in [-0.4, -0.2) is 9.91 Å². The van der Waals surface area contributed by atoms with Crippen LogP contribution in [0.25, 0.3) is 0 Å². The number of nitrogens with one attached hydrogen (secondary N) is 1. The van der Waals surface area contributed by atoms with E-state index < -0.39 is 10.7 Å². The Morgan fingerprint density at radius 2 is 2.05 bits per heavy atom. The lowest BCUT2D eigenvalue weighted by atomic mass is 10.1. The van der Waals surface area contributed by atoms with Gasteiger partial charge < -0.3 is 5.32 Å². The van der Waals surface area contributed by atoms with Gasteiger partial charge in [0.1, 0.15) is 11.5 Å². The van der Waals surface area contributed by atoms with Crippen LogP contribution in [0.15, 0.2) is 36.7 Å². The largest absolute Gasteiger partial charge is 0.373 e. The summed E-state index contributed by atoms with van der Waals surface area (Å²) in [5, 5.41) is 14.0. The van der Waals surface area contributed by atoms with Crippen LogP contribution in [0.5, 0.6) is 0 Å². The molecule has 0 amide bonds. The van der Waals surface area contributed by atoms with Gasteiger partial charge in [0.05, 0.1) is 8.49 Å². The van der Waals surface area contributed by atoms with Crippen molar-refractivity contribution < 1.29 is 9.31 Å². The number of pyridine rings is 1. The summed E-state index contributed by atoms with van der Waals surface area (Å²) in [6.45, 7) is 1.84. The average molecular weight is 387 g/mol. The Kier molecular flexibility index (Phi) is 4.48. The van der Waals surface area contributed by atoms with E-state index in [-0.39, 0.29) is 21.0 Å². The molecule has 0 fully saturated rings. The minimum atomic E-state index is -0.525. The van der Waals surface area contributed by atoms with E-state index in [0.717, 1.165) is 11.6 Å². The number of anilines is 1. The summed E-state index contributed by atoms with van der Waals surface area (Å²) in [7, 11) is 0. The van der Waals surface area contributed by atoms with Crippen molar-refractivity contribution >= 4 is 34.0 Å². The third-order valence-corrected chi connectivity index (χ3v) is 3.64. The van der Waals surface area contributed by atoms with Crippen molar-refractivity contribution in [2.45, 2.75) is 13.0 Å². The van der Waals surface area contributed by atoms with Crippen LogP contribution in [0.2, 0.25) is 0 Å². The molecule has 0 aliphatic carbocycles. The molecule has 7 heteroatoms. The zero-order chi connectivity index (χ0) is 14.7. The van der Waals surface area contributed by atoms with Gasteiger partial charge in [-0.05, 0) is 47.2 Å². The maximum absolute atomic E-state index is 13.6. The molecule has 5 nitrogen and oxygen atoms in total. The fourth-order valence-corrected chi connectivity index (χ4v) is 2.22. The molecule has 1 atom stereocenters. The van der Waals surface area contributed by atoms with E-state index in [1.807, 2.05) is 6.92 Å². The zero-order valence-electron chi connectivity index (χ0n) is 10.5. The van der Waals surface area contributed by atoms with Crippen molar-refractivity contribution in [2.75, 3.05) is 5.32 Å². The van der Waals surface area contributed by atoms with Crippen LogP contribution in [0.3, 0.4) is 0 Å². The van der Waals surface area contributed by atoms with E-state index in [1.165, 1.54) is 6.07 Å². The smallest absolute Gasteiger partial charge is 0.293 e. The molecule has 2 rings (SSSR count). The van der Waals surface area contributed by atoms with Crippen LogP contribution < -0.4 is 5.32 Å². The summed E-state index contributed by atoms with van der Waals surface area (Å²) in [5.41, 5.74) is 0.933. The molecule has 0 radical (unpaired) electrons. The van der Waals surface area contributed by atoms with E-state index in [2.05, 4.69) is 10.3 Å². The second-order valence-electron chi connectivity index (χ2n) is 4.19. The average Bonchev–Trinajstić information content (AvgIpc) is 2.43. The van der Waals surface area contributed by atoms with Crippen LogP contribution >= 0.6 is 22.6 Å². The lowest BCUT2D eigenvalue weighted by Crippen LogP contribution is -2.09. The topological polar surface area (TPSA) is 68.1 Å². The van der Waals surface area contributed by atoms with Crippen molar-refractivity contribution in [2.24, 2.45) is 0 Å². The van der Waals surface area contributed by atoms with E-state index in [0.29, 0.717) is 0 Å². The molecule has 1 aromatic heterocycles. The van der Waals surface area contributed by atoms with Gasteiger partial charge in [-0.3, -0.25) is 15.1 Å². The Bertz CT molecular complexity index is 637. The number of benzene rings is 1. The summed E-state index contributed by atoms with van der Waals surface area (Å²) in [6.07, 6.45) is 3.27. The Morgan fingerprint density at radius 3 is 2.65 bits per heavy atom. The number of nitro benzene ring substituents is 1. The Labute approximate surface area is 128 Å². The standard InChI is InChI=1S/C13H11FIN3O2/c1-8(9-2-4-16-5-3-9)17-12-6-10(14)11(15)7-13(12)18(19)20/h2-8,17H,1H3. The Hall–Kier alpha value is -1.77. The summed E-state index contributed by atoms with van der Waals surface area (Å²) in [6, 6.07) is 5.77. The molecule has 104 valence electrons. The quantitative estimate of drug-likeness (QED) is 0.491. The molecule has 2 aromatic rings. The lowest BCUT2D eigenvalue weighted by Gasteiger charge is -2.15. The summed E-state index contributed by atoms with van der Waals surface area (Å²) in [4.78, 5) is 14.4. The predicted octanol–water partition coefficient (Wildman–Crippen LogP) is 3.91. The molecule has 0 aliphatic rings. The van der Waals surface area contributed by atoms with E-state index in [9.17, 15) is 14.5 Å². The van der Waals surface area contributed by atoms with Gasteiger partial charge in [-0.15, -0.1) is 0 Å². The summed E-state index contributed by atoms with van der Waals surface area (Å²) in [5.74, 6) is -0.486. The van der Waals surface area contributed by atoms with Gasteiger partial charge in [-0.25, -0.2) is 4.39 Å². The predicted molar refractivity (Wildman–Crippen MR) is 82.0 cm³/mol. The fourth-order valence-electron chi connectivity index (χ4n) is 1.77. The second-order valence-corrected chi connectivity index (χ2v) is 5.35. The first-order valence-electron chi connectivity index (χ1n) is 5.79. The van der Waals surface area contributed by atoms with Crippen molar-refractivity contribution in [1.29, 1.82) is 0 Å². The van der Waals surface area contributed by atoms with Gasteiger partial charge in [0.2, 0.25) is 0 Å². The normalized spacial score (nSPS) is 11.9. The molecule has 1 N–H and O–H groups in total. The Morgan fingerprint density at radius 1 is 1.40 bits per heavy atom. The molecule has 0 saturated heterocycles. The molecule has 1 unspecified atom stereocenters. The van der Waals surface area contributed by atoms with Gasteiger partial charge >= 0.3 is 0 Å². The highest BCUT2D eigenvalue weighted by Gasteiger charge is 2.19. The van der Waals surface area contributed by atoms with Gasteiger partial charge in [0.25, 0.3) is 5.69 Å². The van der Waals surface area contributed by atoms with E-state index >= 15 is 0 Å². The monoisotopic (exact) mass is 387 g/mol. The van der Waals surface area contributed by atoms with Gasteiger partial charge in [-0.1, -0.05) is 0 Å². The summed E-state index contributed by atoms with van der Waals surface area (Å²) >= 11 is 1.73. The minimum Gasteiger partial charge on any atom is -0.373 e. The third-order valence-electron chi connectivity index (χ3n) is 2.81. The highest BCUT2D eigenvalue weighted by Crippen LogP contribution is 2.31. The van der Waals surface area contributed by atoms with Crippen molar-refractivity contribution in [3.63, 3.8) is 0 Å². The number of halogens is 2. The van der Waals surface area contributed by atoms with E-state index in [1.54, 1.807) is 47.1 Å². The Balaban J connectivity index is 2.33. The fraction of sp³-hybridized carbons (Fsp3) is 0.154. The van der Waals surface area contributed by atoms with Crippen LogP contribution in [-0.2, 0) is 0 Å². The van der Waals surface area contributed by atoms with Crippen LogP contribution in [0.1, 0.15) is 18.5 Å². The maximum Gasteiger partial charge on any atom is 0.293 e. The molecule has 0 spiro atoms. The SMILES string of the molecule is CC(Nc1cc(F)c(I)cc1[N+](=O)[O-])c1ccncc1. The lowest BCUT2D eigenvalue weighted by molar-refractivity contribution is -0.384.